The normalized spacial score (nSPS) is 16.3. The van der Waals surface area contributed by atoms with Crippen LogP contribution in [0.25, 0.3) is 0 Å². The fourth-order valence-corrected chi connectivity index (χ4v) is 3.09. The van der Waals surface area contributed by atoms with E-state index < -0.39 is 18.0 Å². The predicted molar refractivity (Wildman–Crippen MR) is 104 cm³/mol. The molecule has 2 aromatic rings. The maximum atomic E-state index is 12.7. The van der Waals surface area contributed by atoms with E-state index in [4.69, 9.17) is 4.74 Å². The summed E-state index contributed by atoms with van der Waals surface area (Å²) >= 11 is 0. The Labute approximate surface area is 163 Å². The van der Waals surface area contributed by atoms with Crippen LogP contribution in [-0.4, -0.2) is 30.3 Å². The molecule has 0 aliphatic carbocycles. The van der Waals surface area contributed by atoms with Gasteiger partial charge >= 0.3 is 12.0 Å². The first-order valence-corrected chi connectivity index (χ1v) is 9.09. The minimum absolute atomic E-state index is 0.0530. The fraction of sp³-hybridized carbons (Fsp3) is 0.238. The van der Waals surface area contributed by atoms with E-state index in [0.29, 0.717) is 23.4 Å². The molecule has 28 heavy (non-hydrogen) atoms. The first-order valence-electron chi connectivity index (χ1n) is 9.09. The lowest BCUT2D eigenvalue weighted by atomic mass is 9.95. The first kappa shape index (κ1) is 19.4. The van der Waals surface area contributed by atoms with Crippen molar-refractivity contribution in [1.29, 1.82) is 0 Å². The number of carbonyl (C=O) groups excluding carboxylic acids is 2. The highest BCUT2D eigenvalue weighted by atomic mass is 16.5. The van der Waals surface area contributed by atoms with Gasteiger partial charge in [0.2, 0.25) is 0 Å². The number of aromatic hydroxyl groups is 1. The molecule has 4 N–H and O–H groups in total. The summed E-state index contributed by atoms with van der Waals surface area (Å²) in [6.45, 7) is 2.81. The lowest BCUT2D eigenvalue weighted by Crippen LogP contribution is -2.48. The van der Waals surface area contributed by atoms with Gasteiger partial charge in [0.1, 0.15) is 5.75 Å². The van der Waals surface area contributed by atoms with Gasteiger partial charge in [-0.1, -0.05) is 42.5 Å². The predicted octanol–water partition coefficient (Wildman–Crippen LogP) is 2.35. The van der Waals surface area contributed by atoms with Crippen molar-refractivity contribution >= 4 is 12.0 Å². The third kappa shape index (κ3) is 4.69. The van der Waals surface area contributed by atoms with Gasteiger partial charge in [0.25, 0.3) is 0 Å². The SMILES string of the molecule is CCOC(=O)C1=C(CNCc2ccccc2)NC(=O)NC1c1cccc(O)c1. The van der Waals surface area contributed by atoms with Crippen molar-refractivity contribution in [3.05, 3.63) is 77.0 Å². The second-order valence-corrected chi connectivity index (χ2v) is 6.33. The van der Waals surface area contributed by atoms with E-state index >= 15 is 0 Å². The lowest BCUT2D eigenvalue weighted by Gasteiger charge is -2.29. The molecule has 1 aliphatic heterocycles. The molecule has 7 heteroatoms. The molecular formula is C21H23N3O4. The first-order chi connectivity index (χ1) is 13.6. The fourth-order valence-electron chi connectivity index (χ4n) is 3.09. The lowest BCUT2D eigenvalue weighted by molar-refractivity contribution is -0.139. The van der Waals surface area contributed by atoms with Gasteiger partial charge in [-0.3, -0.25) is 0 Å². The maximum absolute atomic E-state index is 12.7. The maximum Gasteiger partial charge on any atom is 0.338 e. The summed E-state index contributed by atoms with van der Waals surface area (Å²) in [6.07, 6.45) is 0. The Morgan fingerprint density at radius 2 is 1.93 bits per heavy atom. The second kappa shape index (κ2) is 9.05. The van der Waals surface area contributed by atoms with Gasteiger partial charge in [-0.25, -0.2) is 9.59 Å². The number of phenols is 1. The van der Waals surface area contributed by atoms with Gasteiger partial charge in [0.15, 0.2) is 0 Å². The quantitative estimate of drug-likeness (QED) is 0.552. The Morgan fingerprint density at radius 1 is 1.14 bits per heavy atom. The Kier molecular flexibility index (Phi) is 6.29. The molecule has 2 aromatic carbocycles. The molecular weight excluding hydrogens is 358 g/mol. The summed E-state index contributed by atoms with van der Waals surface area (Å²) in [4.78, 5) is 24.9. The van der Waals surface area contributed by atoms with Crippen LogP contribution in [-0.2, 0) is 16.1 Å². The third-order valence-electron chi connectivity index (χ3n) is 4.33. The zero-order valence-corrected chi connectivity index (χ0v) is 15.6. The molecule has 3 rings (SSSR count). The molecule has 0 radical (unpaired) electrons. The van der Waals surface area contributed by atoms with Gasteiger partial charge in [-0.2, -0.15) is 0 Å². The van der Waals surface area contributed by atoms with Crippen molar-refractivity contribution in [3.8, 4) is 5.75 Å². The molecule has 0 saturated carbocycles. The number of esters is 1. The van der Waals surface area contributed by atoms with Crippen LogP contribution in [0.2, 0.25) is 0 Å². The van der Waals surface area contributed by atoms with E-state index in [1.165, 1.54) is 12.1 Å². The molecule has 2 amide bonds. The van der Waals surface area contributed by atoms with Crippen molar-refractivity contribution < 1.29 is 19.4 Å². The van der Waals surface area contributed by atoms with E-state index in [0.717, 1.165) is 5.56 Å². The molecule has 1 unspecified atom stereocenters. The molecule has 7 nitrogen and oxygen atoms in total. The highest BCUT2D eigenvalue weighted by Gasteiger charge is 2.33. The van der Waals surface area contributed by atoms with Crippen LogP contribution < -0.4 is 16.0 Å². The average Bonchev–Trinajstić information content (AvgIpc) is 2.68. The smallest absolute Gasteiger partial charge is 0.338 e. The Balaban J connectivity index is 1.89. The molecule has 0 saturated heterocycles. The summed E-state index contributed by atoms with van der Waals surface area (Å²) in [5.74, 6) is -0.461. The van der Waals surface area contributed by atoms with Gasteiger partial charge < -0.3 is 25.8 Å². The number of hydrogen-bond acceptors (Lipinski definition) is 5. The number of phenolic OH excluding ortho intramolecular Hbond substituents is 1. The van der Waals surface area contributed by atoms with Crippen molar-refractivity contribution in [2.45, 2.75) is 19.5 Å². The molecule has 0 fully saturated rings. The minimum atomic E-state index is -0.714. The number of nitrogens with one attached hydrogen (secondary N) is 3. The average molecular weight is 381 g/mol. The zero-order valence-electron chi connectivity index (χ0n) is 15.6. The Morgan fingerprint density at radius 3 is 2.64 bits per heavy atom. The minimum Gasteiger partial charge on any atom is -0.508 e. The number of carbonyl (C=O) groups is 2. The summed E-state index contributed by atoms with van der Waals surface area (Å²) in [7, 11) is 0. The highest BCUT2D eigenvalue weighted by Crippen LogP contribution is 2.29. The number of ether oxygens (including phenoxy) is 1. The van der Waals surface area contributed by atoms with E-state index in [-0.39, 0.29) is 18.9 Å². The van der Waals surface area contributed by atoms with E-state index in [9.17, 15) is 14.7 Å². The number of hydrogen-bond donors (Lipinski definition) is 4. The summed E-state index contributed by atoms with van der Waals surface area (Å²) < 4.78 is 5.22. The Hall–Kier alpha value is -3.32. The van der Waals surface area contributed by atoms with Crippen molar-refractivity contribution in [2.24, 2.45) is 0 Å². The summed E-state index contributed by atoms with van der Waals surface area (Å²) in [5, 5.41) is 18.5. The van der Waals surface area contributed by atoms with Gasteiger partial charge in [0.05, 0.1) is 18.2 Å². The van der Waals surface area contributed by atoms with Crippen LogP contribution >= 0.6 is 0 Å². The molecule has 0 bridgehead atoms. The molecule has 1 aliphatic rings. The van der Waals surface area contributed by atoms with Gasteiger partial charge in [-0.05, 0) is 30.2 Å². The standard InChI is InChI=1S/C21H23N3O4/c1-2-28-20(26)18-17(13-22-12-14-7-4-3-5-8-14)23-21(27)24-19(18)15-9-6-10-16(25)11-15/h3-11,19,22,25H,2,12-13H2,1H3,(H2,23,24,27). The topological polar surface area (TPSA) is 99.7 Å². The molecule has 1 heterocycles. The van der Waals surface area contributed by atoms with Crippen LogP contribution in [0, 0.1) is 0 Å². The van der Waals surface area contributed by atoms with Crippen molar-refractivity contribution in [1.82, 2.24) is 16.0 Å². The van der Waals surface area contributed by atoms with Crippen molar-refractivity contribution in [2.75, 3.05) is 13.2 Å². The van der Waals surface area contributed by atoms with Crippen LogP contribution in [0.4, 0.5) is 4.79 Å². The molecule has 0 spiro atoms. The summed E-state index contributed by atoms with van der Waals surface area (Å²) in [6, 6.07) is 15.1. The molecule has 146 valence electrons. The number of urea groups is 1. The van der Waals surface area contributed by atoms with Crippen LogP contribution in [0.15, 0.2) is 65.9 Å². The summed E-state index contributed by atoms with van der Waals surface area (Å²) in [5.41, 5.74) is 2.45. The van der Waals surface area contributed by atoms with Crippen molar-refractivity contribution in [3.63, 3.8) is 0 Å². The number of amides is 2. The van der Waals surface area contributed by atoms with Gasteiger partial charge in [-0.15, -0.1) is 0 Å². The van der Waals surface area contributed by atoms with Crippen LogP contribution in [0.3, 0.4) is 0 Å². The van der Waals surface area contributed by atoms with E-state index in [2.05, 4.69) is 16.0 Å². The van der Waals surface area contributed by atoms with Crippen LogP contribution in [0.1, 0.15) is 24.1 Å². The number of rotatable bonds is 7. The highest BCUT2D eigenvalue weighted by molar-refractivity contribution is 5.95. The molecule has 0 aromatic heterocycles. The Bertz CT molecular complexity index is 880. The monoisotopic (exact) mass is 381 g/mol. The van der Waals surface area contributed by atoms with Crippen LogP contribution in [0.5, 0.6) is 5.75 Å². The number of benzene rings is 2. The third-order valence-corrected chi connectivity index (χ3v) is 4.33. The van der Waals surface area contributed by atoms with E-state index in [1.807, 2.05) is 30.3 Å². The van der Waals surface area contributed by atoms with E-state index in [1.54, 1.807) is 19.1 Å². The second-order valence-electron chi connectivity index (χ2n) is 6.33. The van der Waals surface area contributed by atoms with Gasteiger partial charge in [0, 0.05) is 18.8 Å². The molecule has 1 atom stereocenters. The zero-order chi connectivity index (χ0) is 19.9. The largest absolute Gasteiger partial charge is 0.508 e.